The molecule has 4 aliphatic carbocycles. The van der Waals surface area contributed by atoms with Crippen molar-refractivity contribution in [2.45, 2.75) is 58.4 Å². The molecular formula is C22H28Cl2N2O2. The van der Waals surface area contributed by atoms with Gasteiger partial charge in [0, 0.05) is 5.41 Å². The number of hydrogen-bond acceptors (Lipinski definition) is 2. The Bertz CT molecular complexity index is 757. The van der Waals surface area contributed by atoms with Crippen LogP contribution in [0.25, 0.3) is 0 Å². The molecule has 28 heavy (non-hydrogen) atoms. The summed E-state index contributed by atoms with van der Waals surface area (Å²) in [7, 11) is 0. The van der Waals surface area contributed by atoms with Gasteiger partial charge in [0.2, 0.25) is 11.8 Å². The van der Waals surface area contributed by atoms with Crippen LogP contribution >= 0.6 is 23.2 Å². The van der Waals surface area contributed by atoms with Crippen molar-refractivity contribution in [1.82, 2.24) is 5.32 Å². The Morgan fingerprint density at radius 1 is 1.04 bits per heavy atom. The fourth-order valence-corrected chi connectivity index (χ4v) is 6.38. The van der Waals surface area contributed by atoms with Gasteiger partial charge in [-0.05, 0) is 74.3 Å². The highest BCUT2D eigenvalue weighted by atomic mass is 35.5. The van der Waals surface area contributed by atoms with Gasteiger partial charge in [-0.3, -0.25) is 9.59 Å². The van der Waals surface area contributed by atoms with E-state index in [1.165, 1.54) is 19.3 Å². The zero-order valence-corrected chi connectivity index (χ0v) is 17.9. The molecule has 4 nitrogen and oxygen atoms in total. The third-order valence-electron chi connectivity index (χ3n) is 6.97. The topological polar surface area (TPSA) is 58.2 Å². The van der Waals surface area contributed by atoms with Crippen LogP contribution in [-0.2, 0) is 9.59 Å². The molecule has 6 heteroatoms. The van der Waals surface area contributed by atoms with Crippen LogP contribution < -0.4 is 10.6 Å². The summed E-state index contributed by atoms with van der Waals surface area (Å²) in [6.07, 6.45) is 6.81. The van der Waals surface area contributed by atoms with E-state index < -0.39 is 6.04 Å². The summed E-state index contributed by atoms with van der Waals surface area (Å²) >= 11 is 12.3. The lowest BCUT2D eigenvalue weighted by Crippen LogP contribution is -2.57. The second kappa shape index (κ2) is 7.53. The van der Waals surface area contributed by atoms with E-state index in [0.717, 1.165) is 19.3 Å². The molecule has 0 spiro atoms. The van der Waals surface area contributed by atoms with Gasteiger partial charge in [-0.25, -0.2) is 0 Å². The molecule has 4 aliphatic rings. The number of anilines is 1. The highest BCUT2D eigenvalue weighted by molar-refractivity contribution is 6.44. The molecule has 2 amide bonds. The number of halogens is 2. The first-order valence-electron chi connectivity index (χ1n) is 10.3. The Morgan fingerprint density at radius 2 is 1.61 bits per heavy atom. The zero-order chi connectivity index (χ0) is 20.1. The van der Waals surface area contributed by atoms with E-state index in [-0.39, 0.29) is 23.1 Å². The monoisotopic (exact) mass is 422 g/mol. The van der Waals surface area contributed by atoms with E-state index in [9.17, 15) is 9.59 Å². The van der Waals surface area contributed by atoms with Gasteiger partial charge in [-0.15, -0.1) is 0 Å². The van der Waals surface area contributed by atoms with Gasteiger partial charge in [0.25, 0.3) is 0 Å². The smallest absolute Gasteiger partial charge is 0.247 e. The fourth-order valence-electron chi connectivity index (χ4n) is 6.03. The average molecular weight is 423 g/mol. The molecule has 1 atom stereocenters. The minimum Gasteiger partial charge on any atom is -0.344 e. The number of nitrogens with one attached hydrogen (secondary N) is 2. The van der Waals surface area contributed by atoms with Gasteiger partial charge in [0.05, 0.1) is 15.7 Å². The van der Waals surface area contributed by atoms with E-state index in [4.69, 9.17) is 23.2 Å². The van der Waals surface area contributed by atoms with Crippen molar-refractivity contribution in [1.29, 1.82) is 0 Å². The first-order valence-corrected chi connectivity index (χ1v) is 11.1. The number of hydrogen-bond donors (Lipinski definition) is 2. The Balaban J connectivity index is 1.48. The first kappa shape index (κ1) is 20.0. The number of carbonyl (C=O) groups is 2. The highest BCUT2D eigenvalue weighted by Gasteiger charge is 2.55. The van der Waals surface area contributed by atoms with E-state index >= 15 is 0 Å². The standard InChI is InChI=1S/C22H28Cl2N2O2/c1-12(2)19(20(27)25-17-5-3-4-16(23)18(17)24)26-21(28)22-9-13-6-14(10-22)8-15(7-13)11-22/h3-5,12-15,19H,6-11H2,1-2H3,(H,25,27)(H,26,28). The number of benzene rings is 1. The maximum atomic E-state index is 13.4. The number of carbonyl (C=O) groups excluding carboxylic acids is 2. The van der Waals surface area contributed by atoms with Crippen LogP contribution in [0.5, 0.6) is 0 Å². The van der Waals surface area contributed by atoms with Crippen LogP contribution in [-0.4, -0.2) is 17.9 Å². The third kappa shape index (κ3) is 3.66. The number of rotatable bonds is 5. The van der Waals surface area contributed by atoms with E-state index in [0.29, 0.717) is 33.5 Å². The lowest BCUT2D eigenvalue weighted by molar-refractivity contribution is -0.148. The minimum absolute atomic E-state index is 0.0316. The maximum absolute atomic E-state index is 13.4. The van der Waals surface area contributed by atoms with Crippen molar-refractivity contribution in [3.63, 3.8) is 0 Å². The highest BCUT2D eigenvalue weighted by Crippen LogP contribution is 2.60. The quantitative estimate of drug-likeness (QED) is 0.676. The summed E-state index contributed by atoms with van der Waals surface area (Å²) in [6, 6.07) is 4.52. The first-order chi connectivity index (χ1) is 13.3. The molecule has 0 radical (unpaired) electrons. The molecule has 1 aromatic carbocycles. The van der Waals surface area contributed by atoms with Crippen molar-refractivity contribution in [3.05, 3.63) is 28.2 Å². The molecule has 2 N–H and O–H groups in total. The minimum atomic E-state index is -0.601. The molecular weight excluding hydrogens is 395 g/mol. The lowest BCUT2D eigenvalue weighted by Gasteiger charge is -2.55. The summed E-state index contributed by atoms with van der Waals surface area (Å²) in [5.74, 6) is 1.85. The molecule has 0 aliphatic heterocycles. The van der Waals surface area contributed by atoms with Gasteiger partial charge in [0.1, 0.15) is 6.04 Å². The molecule has 152 valence electrons. The van der Waals surface area contributed by atoms with Crippen LogP contribution in [0.15, 0.2) is 18.2 Å². The molecule has 4 fully saturated rings. The molecule has 0 saturated heterocycles. The molecule has 1 unspecified atom stereocenters. The van der Waals surface area contributed by atoms with Crippen LogP contribution in [0, 0.1) is 29.1 Å². The predicted octanol–water partition coefficient (Wildman–Crippen LogP) is 5.29. The normalized spacial score (nSPS) is 31.7. The van der Waals surface area contributed by atoms with Gasteiger partial charge >= 0.3 is 0 Å². The summed E-state index contributed by atoms with van der Waals surface area (Å²) in [5, 5.41) is 6.64. The van der Waals surface area contributed by atoms with Crippen molar-refractivity contribution in [2.75, 3.05) is 5.32 Å². The van der Waals surface area contributed by atoms with E-state index in [1.54, 1.807) is 18.2 Å². The molecule has 0 heterocycles. The van der Waals surface area contributed by atoms with Crippen LogP contribution in [0.3, 0.4) is 0 Å². The van der Waals surface area contributed by atoms with Gasteiger partial charge < -0.3 is 10.6 Å². The fraction of sp³-hybridized carbons (Fsp3) is 0.636. The predicted molar refractivity (Wildman–Crippen MR) is 112 cm³/mol. The second-order valence-corrected chi connectivity index (χ2v) is 10.3. The number of amides is 2. The summed E-state index contributed by atoms with van der Waals surface area (Å²) < 4.78 is 0. The Labute approximate surface area is 176 Å². The van der Waals surface area contributed by atoms with Crippen molar-refractivity contribution >= 4 is 40.7 Å². The molecule has 1 aromatic rings. The van der Waals surface area contributed by atoms with E-state index in [1.807, 2.05) is 13.8 Å². The Kier molecular flexibility index (Phi) is 5.39. The lowest BCUT2D eigenvalue weighted by atomic mass is 9.49. The van der Waals surface area contributed by atoms with E-state index in [2.05, 4.69) is 10.6 Å². The summed E-state index contributed by atoms with van der Waals surface area (Å²) in [6.45, 7) is 3.90. The maximum Gasteiger partial charge on any atom is 0.247 e. The van der Waals surface area contributed by atoms with Crippen LogP contribution in [0.2, 0.25) is 10.0 Å². The van der Waals surface area contributed by atoms with Crippen LogP contribution in [0.1, 0.15) is 52.4 Å². The van der Waals surface area contributed by atoms with Gasteiger partial charge in [-0.2, -0.15) is 0 Å². The SMILES string of the molecule is CC(C)C(NC(=O)C12CC3CC(CC(C3)C1)C2)C(=O)Nc1cccc(Cl)c1Cl. The molecule has 4 bridgehead atoms. The Hall–Kier alpha value is -1.26. The Morgan fingerprint density at radius 3 is 2.14 bits per heavy atom. The van der Waals surface area contributed by atoms with Gasteiger partial charge in [-0.1, -0.05) is 43.1 Å². The average Bonchev–Trinajstić information content (AvgIpc) is 2.61. The van der Waals surface area contributed by atoms with Crippen molar-refractivity contribution in [3.8, 4) is 0 Å². The molecule has 5 rings (SSSR count). The van der Waals surface area contributed by atoms with Gasteiger partial charge in [0.15, 0.2) is 0 Å². The molecule has 4 saturated carbocycles. The van der Waals surface area contributed by atoms with Crippen molar-refractivity contribution < 1.29 is 9.59 Å². The largest absolute Gasteiger partial charge is 0.344 e. The summed E-state index contributed by atoms with van der Waals surface area (Å²) in [4.78, 5) is 26.3. The summed E-state index contributed by atoms with van der Waals surface area (Å²) in [5.41, 5.74) is 0.199. The second-order valence-electron chi connectivity index (χ2n) is 9.48. The molecule has 0 aromatic heterocycles. The zero-order valence-electron chi connectivity index (χ0n) is 16.4. The van der Waals surface area contributed by atoms with Crippen LogP contribution in [0.4, 0.5) is 5.69 Å². The van der Waals surface area contributed by atoms with Crippen molar-refractivity contribution in [2.24, 2.45) is 29.1 Å². The third-order valence-corrected chi connectivity index (χ3v) is 7.78.